The van der Waals surface area contributed by atoms with Gasteiger partial charge in [-0.1, -0.05) is 29.6 Å². The molecule has 2 saturated carbocycles. The zero-order valence-electron chi connectivity index (χ0n) is 23.7. The van der Waals surface area contributed by atoms with Crippen LogP contribution in [0.1, 0.15) is 79.1 Å². The number of nitrogens with zero attached hydrogens (tertiary/aromatic N) is 3. The number of amides is 2. The highest BCUT2D eigenvalue weighted by Crippen LogP contribution is 2.54. The summed E-state index contributed by atoms with van der Waals surface area (Å²) in [5, 5.41) is 13.9. The summed E-state index contributed by atoms with van der Waals surface area (Å²) in [5.74, 6) is -2.99. The number of carboxylic acid groups (broad SMARTS) is 1. The van der Waals surface area contributed by atoms with E-state index in [2.05, 4.69) is 5.16 Å². The van der Waals surface area contributed by atoms with Gasteiger partial charge in [-0.05, 0) is 62.1 Å². The molecule has 3 atom stereocenters. The van der Waals surface area contributed by atoms with Crippen LogP contribution in [0.5, 0.6) is 5.75 Å². The first kappa shape index (κ1) is 29.8. The van der Waals surface area contributed by atoms with Crippen LogP contribution < -0.4 is 4.74 Å². The van der Waals surface area contributed by atoms with Gasteiger partial charge in [-0.3, -0.25) is 14.4 Å². The molecule has 2 aromatic rings. The Hall–Kier alpha value is -3.28. The van der Waals surface area contributed by atoms with E-state index in [9.17, 15) is 32.7 Å². The molecule has 3 unspecified atom stereocenters. The van der Waals surface area contributed by atoms with E-state index < -0.39 is 47.9 Å². The predicted molar refractivity (Wildman–Crippen MR) is 146 cm³/mol. The fourth-order valence-electron chi connectivity index (χ4n) is 7.19. The molecule has 2 amide bonds. The maximum absolute atomic E-state index is 14.2. The van der Waals surface area contributed by atoms with Crippen LogP contribution in [0.4, 0.5) is 13.2 Å². The van der Waals surface area contributed by atoms with Crippen LogP contribution in [0.25, 0.3) is 0 Å². The van der Waals surface area contributed by atoms with Crippen molar-refractivity contribution in [1.82, 2.24) is 15.0 Å². The first-order valence-corrected chi connectivity index (χ1v) is 15.0. The largest absolute Gasteiger partial charge is 0.487 e. The summed E-state index contributed by atoms with van der Waals surface area (Å²) < 4.78 is 51.9. The smallest absolute Gasteiger partial charge is 0.421 e. The Labute approximate surface area is 251 Å². The molecule has 3 fully saturated rings. The summed E-state index contributed by atoms with van der Waals surface area (Å²) in [5.41, 5.74) is -0.239. The van der Waals surface area contributed by atoms with Crippen molar-refractivity contribution in [2.45, 2.75) is 77.1 Å². The fraction of sp³-hybridized carbons (Fsp3) is 0.600. The van der Waals surface area contributed by atoms with Crippen molar-refractivity contribution in [1.29, 1.82) is 0 Å². The molecule has 6 rings (SSSR count). The van der Waals surface area contributed by atoms with Crippen LogP contribution in [0, 0.1) is 24.2 Å². The van der Waals surface area contributed by atoms with Crippen molar-refractivity contribution >= 4 is 29.4 Å². The number of carbonyl (C=O) groups is 3. The molecule has 1 spiro atoms. The Kier molecular flexibility index (Phi) is 7.63. The summed E-state index contributed by atoms with van der Waals surface area (Å²) >= 11 is 6.63. The SMILES string of the molecule is Cc1onc(COc2ccc(Cl)c3c2C(CN2CC4(CC4)CC2=O)N(C(=O)C2CCCCC2C(=O)O)CC3)c1C(F)(F)F. The number of alkyl halides is 3. The first-order valence-electron chi connectivity index (χ1n) is 14.7. The maximum Gasteiger partial charge on any atom is 0.421 e. The minimum Gasteiger partial charge on any atom is -0.487 e. The summed E-state index contributed by atoms with van der Waals surface area (Å²) in [6, 6.07) is 2.43. The number of hydrogen-bond acceptors (Lipinski definition) is 6. The number of fused-ring (bicyclic) bond motifs is 1. The van der Waals surface area contributed by atoms with Gasteiger partial charge in [0.1, 0.15) is 29.4 Å². The number of aromatic nitrogens is 1. The van der Waals surface area contributed by atoms with E-state index in [1.807, 2.05) is 0 Å². The highest BCUT2D eigenvalue weighted by Gasteiger charge is 2.53. The molecule has 9 nitrogen and oxygen atoms in total. The number of aliphatic carboxylic acids is 1. The van der Waals surface area contributed by atoms with Gasteiger partial charge in [0.2, 0.25) is 11.8 Å². The van der Waals surface area contributed by atoms with Crippen molar-refractivity contribution in [2.24, 2.45) is 17.3 Å². The van der Waals surface area contributed by atoms with Gasteiger partial charge in [0.25, 0.3) is 0 Å². The molecule has 1 saturated heterocycles. The molecule has 1 aromatic heterocycles. The molecular weight excluding hydrogens is 591 g/mol. The van der Waals surface area contributed by atoms with Crippen LogP contribution in [0.2, 0.25) is 5.02 Å². The number of halogens is 4. The molecule has 13 heteroatoms. The lowest BCUT2D eigenvalue weighted by Gasteiger charge is -2.43. The van der Waals surface area contributed by atoms with Crippen LogP contribution >= 0.6 is 11.6 Å². The third-order valence-electron chi connectivity index (χ3n) is 9.59. The minimum absolute atomic E-state index is 0.0181. The van der Waals surface area contributed by atoms with E-state index in [0.717, 1.165) is 25.7 Å². The third-order valence-corrected chi connectivity index (χ3v) is 9.95. The Balaban J connectivity index is 1.37. The average molecular weight is 624 g/mol. The minimum atomic E-state index is -4.69. The normalized spacial score (nSPS) is 24.8. The third kappa shape index (κ3) is 5.58. The van der Waals surface area contributed by atoms with Crippen molar-refractivity contribution in [3.63, 3.8) is 0 Å². The number of ether oxygens (including phenoxy) is 1. The summed E-state index contributed by atoms with van der Waals surface area (Å²) in [4.78, 5) is 42.7. The van der Waals surface area contributed by atoms with Gasteiger partial charge in [0.05, 0.1) is 17.9 Å². The first-order chi connectivity index (χ1) is 20.4. The zero-order chi connectivity index (χ0) is 30.7. The van der Waals surface area contributed by atoms with Crippen molar-refractivity contribution < 1.29 is 41.9 Å². The summed E-state index contributed by atoms with van der Waals surface area (Å²) in [6.45, 7) is 1.60. The standard InChI is InChI=1S/C30H33ClF3N3O6/c1-16-26(30(32,33)34)21(35-43-16)14-42-23-7-6-20(31)19-8-11-37(27(39)17-4-2-3-5-18(17)28(40)41)22(25(19)23)13-36-15-29(9-10-29)12-24(36)38/h6-7,17-18,22H,2-5,8-15H2,1H3,(H,40,41). The van der Waals surface area contributed by atoms with E-state index in [-0.39, 0.29) is 41.8 Å². The van der Waals surface area contributed by atoms with E-state index in [1.165, 1.54) is 6.92 Å². The molecule has 2 aliphatic heterocycles. The van der Waals surface area contributed by atoms with Crippen molar-refractivity contribution in [3.05, 3.63) is 45.3 Å². The topological polar surface area (TPSA) is 113 Å². The van der Waals surface area contributed by atoms with Gasteiger partial charge in [-0.15, -0.1) is 0 Å². The van der Waals surface area contributed by atoms with Crippen LogP contribution in [0.3, 0.4) is 0 Å². The van der Waals surface area contributed by atoms with Gasteiger partial charge < -0.3 is 24.2 Å². The second-order valence-corrected chi connectivity index (χ2v) is 12.8. The van der Waals surface area contributed by atoms with Gasteiger partial charge in [0, 0.05) is 36.6 Å². The Morgan fingerprint density at radius 2 is 1.93 bits per heavy atom. The quantitative estimate of drug-likeness (QED) is 0.429. The molecule has 1 aromatic carbocycles. The van der Waals surface area contributed by atoms with E-state index >= 15 is 0 Å². The highest BCUT2D eigenvalue weighted by atomic mass is 35.5. The monoisotopic (exact) mass is 623 g/mol. The van der Waals surface area contributed by atoms with Gasteiger partial charge in [-0.2, -0.15) is 13.2 Å². The van der Waals surface area contributed by atoms with Crippen LogP contribution in [-0.2, 0) is 33.6 Å². The molecule has 232 valence electrons. The number of benzene rings is 1. The summed E-state index contributed by atoms with van der Waals surface area (Å²) in [7, 11) is 0. The Morgan fingerprint density at radius 3 is 2.58 bits per heavy atom. The number of rotatable bonds is 7. The molecule has 0 radical (unpaired) electrons. The molecule has 0 bridgehead atoms. The van der Waals surface area contributed by atoms with Crippen molar-refractivity contribution in [2.75, 3.05) is 19.6 Å². The number of aryl methyl sites for hydroxylation is 1. The lowest BCUT2D eigenvalue weighted by atomic mass is 9.77. The predicted octanol–water partition coefficient (Wildman–Crippen LogP) is 5.56. The van der Waals surface area contributed by atoms with Gasteiger partial charge >= 0.3 is 12.1 Å². The lowest BCUT2D eigenvalue weighted by molar-refractivity contribution is -0.154. The second-order valence-electron chi connectivity index (χ2n) is 12.4. The number of likely N-dealkylation sites (tertiary alicyclic amines) is 1. The van der Waals surface area contributed by atoms with E-state index in [0.29, 0.717) is 48.4 Å². The molecule has 3 heterocycles. The van der Waals surface area contributed by atoms with E-state index in [4.69, 9.17) is 20.9 Å². The fourth-order valence-corrected chi connectivity index (χ4v) is 7.45. The number of carbonyl (C=O) groups excluding carboxylic acids is 2. The van der Waals surface area contributed by atoms with Gasteiger partial charge in [0.15, 0.2) is 0 Å². The average Bonchev–Trinajstić information content (AvgIpc) is 3.48. The zero-order valence-corrected chi connectivity index (χ0v) is 24.5. The molecule has 4 aliphatic rings. The summed E-state index contributed by atoms with van der Waals surface area (Å²) in [6.07, 6.45) is 0.328. The number of hydrogen-bond donors (Lipinski definition) is 1. The Morgan fingerprint density at radius 1 is 1.21 bits per heavy atom. The Bertz CT molecular complexity index is 1460. The molecule has 1 N–H and O–H groups in total. The van der Waals surface area contributed by atoms with E-state index in [1.54, 1.807) is 21.9 Å². The maximum atomic E-state index is 14.2. The molecule has 2 aliphatic carbocycles. The number of carboxylic acids is 1. The van der Waals surface area contributed by atoms with Crippen LogP contribution in [-0.4, -0.2) is 57.5 Å². The second kappa shape index (κ2) is 11.0. The molecular formula is C30H33ClF3N3O6. The highest BCUT2D eigenvalue weighted by molar-refractivity contribution is 6.31. The molecule has 43 heavy (non-hydrogen) atoms. The van der Waals surface area contributed by atoms with Gasteiger partial charge in [-0.25, -0.2) is 0 Å². The van der Waals surface area contributed by atoms with Crippen molar-refractivity contribution in [3.8, 4) is 5.75 Å². The lowest BCUT2D eigenvalue weighted by Crippen LogP contribution is -2.50. The van der Waals surface area contributed by atoms with Crippen LogP contribution in [0.15, 0.2) is 16.7 Å².